The Morgan fingerprint density at radius 2 is 2.26 bits per heavy atom. The van der Waals surface area contributed by atoms with Crippen LogP contribution in [0.5, 0.6) is 0 Å². The summed E-state index contributed by atoms with van der Waals surface area (Å²) in [5.41, 5.74) is 1.01. The van der Waals surface area contributed by atoms with Crippen molar-refractivity contribution in [2.75, 3.05) is 7.05 Å². The molecule has 0 saturated carbocycles. The first-order valence-electron chi connectivity index (χ1n) is 5.95. The molecule has 0 atom stereocenters. The van der Waals surface area contributed by atoms with Crippen molar-refractivity contribution in [1.29, 1.82) is 0 Å². The highest BCUT2D eigenvalue weighted by atomic mass is 79.9. The number of amides is 1. The SMILES string of the molecule is CN(Cc1ccnn1C)C(=O)CCn1cc(Br)cn1. The average molecular weight is 326 g/mol. The molecule has 0 aliphatic rings. The van der Waals surface area contributed by atoms with Gasteiger partial charge in [0.2, 0.25) is 5.91 Å². The second-order valence-corrected chi connectivity index (χ2v) is 5.28. The van der Waals surface area contributed by atoms with Crippen LogP contribution in [0.1, 0.15) is 12.1 Å². The number of hydrogen-bond donors (Lipinski definition) is 0. The Morgan fingerprint density at radius 3 is 2.84 bits per heavy atom. The second kappa shape index (κ2) is 6.01. The summed E-state index contributed by atoms with van der Waals surface area (Å²) in [4.78, 5) is 13.7. The van der Waals surface area contributed by atoms with Crippen LogP contribution in [-0.4, -0.2) is 37.4 Å². The van der Waals surface area contributed by atoms with Crippen molar-refractivity contribution in [2.45, 2.75) is 19.5 Å². The fourth-order valence-corrected chi connectivity index (χ4v) is 2.08. The molecule has 2 aromatic rings. The third-order valence-corrected chi connectivity index (χ3v) is 3.31. The number of carbonyl (C=O) groups excluding carboxylic acids is 1. The first kappa shape index (κ1) is 13.8. The molecular weight excluding hydrogens is 310 g/mol. The molecule has 0 aliphatic carbocycles. The van der Waals surface area contributed by atoms with Crippen LogP contribution in [0.25, 0.3) is 0 Å². The largest absolute Gasteiger partial charge is 0.340 e. The summed E-state index contributed by atoms with van der Waals surface area (Å²) in [6.07, 6.45) is 5.73. The minimum absolute atomic E-state index is 0.0906. The summed E-state index contributed by atoms with van der Waals surface area (Å²) in [7, 11) is 3.67. The fraction of sp³-hybridized carbons (Fsp3) is 0.417. The molecule has 2 aromatic heterocycles. The number of carbonyl (C=O) groups is 1. The van der Waals surface area contributed by atoms with Crippen LogP contribution in [0, 0.1) is 0 Å². The molecule has 19 heavy (non-hydrogen) atoms. The van der Waals surface area contributed by atoms with E-state index < -0.39 is 0 Å². The van der Waals surface area contributed by atoms with Gasteiger partial charge in [0, 0.05) is 39.5 Å². The van der Waals surface area contributed by atoms with Gasteiger partial charge in [-0.2, -0.15) is 10.2 Å². The van der Waals surface area contributed by atoms with E-state index in [0.29, 0.717) is 19.5 Å². The van der Waals surface area contributed by atoms with E-state index in [1.807, 2.05) is 19.3 Å². The third kappa shape index (κ3) is 3.66. The standard InChI is InChI=1S/C12H16BrN5O/c1-16(9-11-3-5-14-17(11)2)12(19)4-6-18-8-10(13)7-15-18/h3,5,7-8H,4,6,9H2,1-2H3. The predicted octanol–water partition coefficient (Wildman–Crippen LogP) is 1.43. The van der Waals surface area contributed by atoms with Gasteiger partial charge in [-0.1, -0.05) is 0 Å². The lowest BCUT2D eigenvalue weighted by atomic mass is 10.3. The summed E-state index contributed by atoms with van der Waals surface area (Å²) in [5, 5.41) is 8.21. The third-order valence-electron chi connectivity index (χ3n) is 2.90. The fourth-order valence-electron chi connectivity index (χ4n) is 1.75. The van der Waals surface area contributed by atoms with Crippen molar-refractivity contribution in [3.63, 3.8) is 0 Å². The molecule has 2 heterocycles. The van der Waals surface area contributed by atoms with E-state index in [1.165, 1.54) is 0 Å². The van der Waals surface area contributed by atoms with Gasteiger partial charge in [0.1, 0.15) is 0 Å². The summed E-state index contributed by atoms with van der Waals surface area (Å²) >= 11 is 3.33. The minimum Gasteiger partial charge on any atom is -0.340 e. The first-order chi connectivity index (χ1) is 9.06. The van der Waals surface area contributed by atoms with E-state index in [0.717, 1.165) is 10.2 Å². The Morgan fingerprint density at radius 1 is 1.47 bits per heavy atom. The number of aryl methyl sites for hydroxylation is 2. The molecule has 0 spiro atoms. The van der Waals surface area contributed by atoms with Crippen LogP contribution in [0.15, 0.2) is 29.1 Å². The Kier molecular flexibility index (Phi) is 4.36. The van der Waals surface area contributed by atoms with Gasteiger partial charge in [-0.25, -0.2) is 0 Å². The lowest BCUT2D eigenvalue weighted by Gasteiger charge is -2.17. The summed E-state index contributed by atoms with van der Waals surface area (Å²) in [6.45, 7) is 1.15. The molecule has 0 N–H and O–H groups in total. The van der Waals surface area contributed by atoms with Crippen molar-refractivity contribution in [3.8, 4) is 0 Å². The van der Waals surface area contributed by atoms with E-state index in [4.69, 9.17) is 0 Å². The van der Waals surface area contributed by atoms with Crippen LogP contribution in [0.4, 0.5) is 0 Å². The topological polar surface area (TPSA) is 56.0 Å². The lowest BCUT2D eigenvalue weighted by Crippen LogP contribution is -2.28. The summed E-state index contributed by atoms with van der Waals surface area (Å²) < 4.78 is 4.44. The molecular formula is C12H16BrN5O. The molecule has 6 nitrogen and oxygen atoms in total. The predicted molar refractivity (Wildman–Crippen MR) is 74.2 cm³/mol. The molecule has 7 heteroatoms. The lowest BCUT2D eigenvalue weighted by molar-refractivity contribution is -0.130. The zero-order chi connectivity index (χ0) is 13.8. The summed E-state index contributed by atoms with van der Waals surface area (Å²) in [5.74, 6) is 0.0906. The van der Waals surface area contributed by atoms with Gasteiger partial charge in [-0.05, 0) is 22.0 Å². The van der Waals surface area contributed by atoms with Crippen LogP contribution >= 0.6 is 15.9 Å². The van der Waals surface area contributed by atoms with Crippen LogP contribution in [0.2, 0.25) is 0 Å². The normalized spacial score (nSPS) is 10.7. The van der Waals surface area contributed by atoms with Gasteiger partial charge in [0.05, 0.1) is 22.9 Å². The maximum absolute atomic E-state index is 12.0. The monoisotopic (exact) mass is 325 g/mol. The molecule has 0 aromatic carbocycles. The van der Waals surface area contributed by atoms with Crippen LogP contribution < -0.4 is 0 Å². The van der Waals surface area contributed by atoms with Crippen molar-refractivity contribution in [1.82, 2.24) is 24.5 Å². The van der Waals surface area contributed by atoms with Gasteiger partial charge < -0.3 is 4.90 Å². The van der Waals surface area contributed by atoms with Crippen molar-refractivity contribution in [2.24, 2.45) is 7.05 Å². The number of rotatable bonds is 5. The number of hydrogen-bond acceptors (Lipinski definition) is 3. The Balaban J connectivity index is 1.84. The van der Waals surface area contributed by atoms with Gasteiger partial charge in [-0.3, -0.25) is 14.2 Å². The zero-order valence-electron chi connectivity index (χ0n) is 11.0. The molecule has 0 fully saturated rings. The highest BCUT2D eigenvalue weighted by Gasteiger charge is 2.11. The molecule has 0 bridgehead atoms. The second-order valence-electron chi connectivity index (χ2n) is 4.37. The number of halogens is 1. The number of aromatic nitrogens is 4. The van der Waals surface area contributed by atoms with E-state index in [-0.39, 0.29) is 5.91 Å². The Bertz CT molecular complexity index is 562. The summed E-state index contributed by atoms with van der Waals surface area (Å²) in [6, 6.07) is 1.91. The van der Waals surface area contributed by atoms with E-state index in [9.17, 15) is 4.79 Å². The quantitative estimate of drug-likeness (QED) is 0.835. The molecule has 1 amide bonds. The highest BCUT2D eigenvalue weighted by Crippen LogP contribution is 2.07. The zero-order valence-corrected chi connectivity index (χ0v) is 12.5. The van der Waals surface area contributed by atoms with Crippen molar-refractivity contribution < 1.29 is 4.79 Å². The molecule has 0 radical (unpaired) electrons. The maximum Gasteiger partial charge on any atom is 0.224 e. The van der Waals surface area contributed by atoms with Gasteiger partial charge in [0.25, 0.3) is 0 Å². The van der Waals surface area contributed by atoms with E-state index in [2.05, 4.69) is 26.1 Å². The first-order valence-corrected chi connectivity index (χ1v) is 6.74. The molecule has 0 unspecified atom stereocenters. The van der Waals surface area contributed by atoms with Crippen LogP contribution in [-0.2, 0) is 24.9 Å². The van der Waals surface area contributed by atoms with E-state index in [1.54, 1.807) is 33.7 Å². The molecule has 102 valence electrons. The van der Waals surface area contributed by atoms with E-state index >= 15 is 0 Å². The Hall–Kier alpha value is -1.63. The molecule has 0 saturated heterocycles. The van der Waals surface area contributed by atoms with Crippen molar-refractivity contribution >= 4 is 21.8 Å². The average Bonchev–Trinajstić information content (AvgIpc) is 2.96. The minimum atomic E-state index is 0.0906. The van der Waals surface area contributed by atoms with Crippen LogP contribution in [0.3, 0.4) is 0 Å². The van der Waals surface area contributed by atoms with Crippen molar-refractivity contribution in [3.05, 3.63) is 34.8 Å². The molecule has 0 aliphatic heterocycles. The Labute approximate surface area is 120 Å². The number of nitrogens with zero attached hydrogens (tertiary/aromatic N) is 5. The molecule has 2 rings (SSSR count). The van der Waals surface area contributed by atoms with Gasteiger partial charge >= 0.3 is 0 Å². The van der Waals surface area contributed by atoms with Gasteiger partial charge in [0.15, 0.2) is 0 Å². The van der Waals surface area contributed by atoms with Gasteiger partial charge in [-0.15, -0.1) is 0 Å². The smallest absolute Gasteiger partial charge is 0.224 e. The highest BCUT2D eigenvalue weighted by molar-refractivity contribution is 9.10. The maximum atomic E-state index is 12.0.